The van der Waals surface area contributed by atoms with Gasteiger partial charge in [0.2, 0.25) is 0 Å². The lowest BCUT2D eigenvalue weighted by atomic mass is 9.83. The summed E-state index contributed by atoms with van der Waals surface area (Å²) in [5.74, 6) is 0. The number of nitrogens with two attached hydrogens (primary N) is 1. The number of halogens is 1. The van der Waals surface area contributed by atoms with E-state index >= 15 is 0 Å². The summed E-state index contributed by atoms with van der Waals surface area (Å²) in [5, 5.41) is 0.762. The van der Waals surface area contributed by atoms with Crippen LogP contribution >= 0.6 is 11.6 Å². The van der Waals surface area contributed by atoms with Gasteiger partial charge in [-0.05, 0) is 36.1 Å². The van der Waals surface area contributed by atoms with E-state index in [0.29, 0.717) is 0 Å². The average Bonchev–Trinajstić information content (AvgIpc) is 2.42. The maximum atomic E-state index is 6.56. The smallest absolute Gasteiger partial charge is 0.0447 e. The van der Waals surface area contributed by atoms with Gasteiger partial charge in [-0.15, -0.1) is 0 Å². The molecule has 0 bridgehead atoms. The summed E-state index contributed by atoms with van der Waals surface area (Å²) >= 11 is 5.90. The Balaban J connectivity index is 2.26. The predicted molar refractivity (Wildman–Crippen MR) is 77.8 cm³/mol. The molecule has 94 valence electrons. The Bertz CT molecular complexity index is 492. The van der Waals surface area contributed by atoms with Gasteiger partial charge < -0.3 is 5.73 Å². The van der Waals surface area contributed by atoms with Crippen molar-refractivity contribution in [2.45, 2.75) is 25.3 Å². The second kappa shape index (κ2) is 5.55. The SMILES string of the molecule is CCC(N)(Cc1ccc(Cl)cc1)c1ccccc1. The second-order valence-electron chi connectivity index (χ2n) is 4.68. The Hall–Kier alpha value is -1.31. The fourth-order valence-electron chi connectivity index (χ4n) is 2.17. The summed E-state index contributed by atoms with van der Waals surface area (Å²) in [6, 6.07) is 18.2. The molecule has 0 radical (unpaired) electrons. The van der Waals surface area contributed by atoms with E-state index in [2.05, 4.69) is 19.1 Å². The highest BCUT2D eigenvalue weighted by atomic mass is 35.5. The molecule has 0 amide bonds. The molecule has 2 N–H and O–H groups in total. The zero-order chi connectivity index (χ0) is 13.0. The van der Waals surface area contributed by atoms with Crippen LogP contribution in [0.15, 0.2) is 54.6 Å². The van der Waals surface area contributed by atoms with E-state index in [1.54, 1.807) is 0 Å². The van der Waals surface area contributed by atoms with E-state index in [0.717, 1.165) is 17.9 Å². The van der Waals surface area contributed by atoms with Gasteiger partial charge in [0.05, 0.1) is 0 Å². The first-order valence-corrected chi connectivity index (χ1v) is 6.61. The highest BCUT2D eigenvalue weighted by molar-refractivity contribution is 6.30. The van der Waals surface area contributed by atoms with Crippen molar-refractivity contribution in [1.29, 1.82) is 0 Å². The maximum absolute atomic E-state index is 6.56. The molecule has 0 spiro atoms. The van der Waals surface area contributed by atoms with Crippen LogP contribution in [-0.4, -0.2) is 0 Å². The molecular formula is C16H18ClN. The molecule has 0 aliphatic carbocycles. The van der Waals surface area contributed by atoms with Crippen molar-refractivity contribution in [3.8, 4) is 0 Å². The summed E-state index contributed by atoms with van der Waals surface area (Å²) < 4.78 is 0. The van der Waals surface area contributed by atoms with Crippen LogP contribution in [0.4, 0.5) is 0 Å². The number of hydrogen-bond donors (Lipinski definition) is 1. The van der Waals surface area contributed by atoms with Crippen LogP contribution in [0.2, 0.25) is 5.02 Å². The molecule has 18 heavy (non-hydrogen) atoms. The van der Waals surface area contributed by atoms with Gasteiger partial charge in [0, 0.05) is 10.6 Å². The van der Waals surface area contributed by atoms with Crippen molar-refractivity contribution in [2.75, 3.05) is 0 Å². The Morgan fingerprint density at radius 1 is 1.00 bits per heavy atom. The van der Waals surface area contributed by atoms with Crippen LogP contribution in [0.1, 0.15) is 24.5 Å². The van der Waals surface area contributed by atoms with Crippen molar-refractivity contribution in [1.82, 2.24) is 0 Å². The molecule has 0 heterocycles. The second-order valence-corrected chi connectivity index (χ2v) is 5.12. The Kier molecular flexibility index (Phi) is 4.05. The molecule has 2 heteroatoms. The van der Waals surface area contributed by atoms with Crippen LogP contribution in [0.3, 0.4) is 0 Å². The molecule has 0 aliphatic rings. The third-order valence-electron chi connectivity index (χ3n) is 3.41. The molecule has 1 atom stereocenters. The third kappa shape index (κ3) is 2.92. The minimum absolute atomic E-state index is 0.310. The summed E-state index contributed by atoms with van der Waals surface area (Å²) in [4.78, 5) is 0. The lowest BCUT2D eigenvalue weighted by molar-refractivity contribution is 0.425. The van der Waals surface area contributed by atoms with Gasteiger partial charge in [0.1, 0.15) is 0 Å². The van der Waals surface area contributed by atoms with E-state index in [1.807, 2.05) is 42.5 Å². The fraction of sp³-hybridized carbons (Fsp3) is 0.250. The summed E-state index contributed by atoms with van der Waals surface area (Å²) in [6.07, 6.45) is 1.73. The minimum atomic E-state index is -0.310. The van der Waals surface area contributed by atoms with E-state index in [1.165, 1.54) is 11.1 Å². The molecule has 2 aromatic carbocycles. The molecule has 2 aromatic rings. The summed E-state index contributed by atoms with van der Waals surface area (Å²) in [5.41, 5.74) is 8.64. The van der Waals surface area contributed by atoms with E-state index in [9.17, 15) is 0 Å². The van der Waals surface area contributed by atoms with Gasteiger partial charge in [0.25, 0.3) is 0 Å². The van der Waals surface area contributed by atoms with Gasteiger partial charge in [-0.1, -0.05) is 61.0 Å². The summed E-state index contributed by atoms with van der Waals surface area (Å²) in [7, 11) is 0. The van der Waals surface area contributed by atoms with Crippen LogP contribution < -0.4 is 5.73 Å². The van der Waals surface area contributed by atoms with Gasteiger partial charge in [0.15, 0.2) is 0 Å². The number of benzene rings is 2. The molecule has 0 aliphatic heterocycles. The third-order valence-corrected chi connectivity index (χ3v) is 3.66. The van der Waals surface area contributed by atoms with E-state index < -0.39 is 0 Å². The van der Waals surface area contributed by atoms with E-state index in [-0.39, 0.29) is 5.54 Å². The van der Waals surface area contributed by atoms with Crippen LogP contribution in [-0.2, 0) is 12.0 Å². The molecule has 1 nitrogen and oxygen atoms in total. The number of rotatable bonds is 4. The first kappa shape index (κ1) is 13.1. The predicted octanol–water partition coefficient (Wildman–Crippen LogP) is 4.15. The lowest BCUT2D eigenvalue weighted by Gasteiger charge is -2.29. The molecule has 0 aromatic heterocycles. The highest BCUT2D eigenvalue weighted by Crippen LogP contribution is 2.26. The quantitative estimate of drug-likeness (QED) is 0.877. The first-order valence-electron chi connectivity index (χ1n) is 6.23. The molecule has 1 unspecified atom stereocenters. The van der Waals surface area contributed by atoms with Crippen molar-refractivity contribution in [3.63, 3.8) is 0 Å². The minimum Gasteiger partial charge on any atom is -0.321 e. The van der Waals surface area contributed by atoms with Crippen molar-refractivity contribution >= 4 is 11.6 Å². The Morgan fingerprint density at radius 3 is 2.17 bits per heavy atom. The van der Waals surface area contributed by atoms with Gasteiger partial charge in [-0.25, -0.2) is 0 Å². The lowest BCUT2D eigenvalue weighted by Crippen LogP contribution is -2.38. The Morgan fingerprint density at radius 2 is 1.61 bits per heavy atom. The Labute approximate surface area is 114 Å². The molecular weight excluding hydrogens is 242 g/mol. The van der Waals surface area contributed by atoms with Gasteiger partial charge in [-0.3, -0.25) is 0 Å². The molecule has 0 fully saturated rings. The largest absolute Gasteiger partial charge is 0.321 e. The average molecular weight is 260 g/mol. The fourth-order valence-corrected chi connectivity index (χ4v) is 2.29. The van der Waals surface area contributed by atoms with Gasteiger partial charge in [-0.2, -0.15) is 0 Å². The topological polar surface area (TPSA) is 26.0 Å². The number of hydrogen-bond acceptors (Lipinski definition) is 1. The zero-order valence-electron chi connectivity index (χ0n) is 10.6. The maximum Gasteiger partial charge on any atom is 0.0447 e. The van der Waals surface area contributed by atoms with Crippen LogP contribution in [0, 0.1) is 0 Å². The van der Waals surface area contributed by atoms with Crippen molar-refractivity contribution in [3.05, 3.63) is 70.7 Å². The standard InChI is InChI=1S/C16H18ClN/c1-2-16(18,14-6-4-3-5-7-14)12-13-8-10-15(17)11-9-13/h3-11H,2,12,18H2,1H3. The van der Waals surface area contributed by atoms with Crippen LogP contribution in [0.25, 0.3) is 0 Å². The van der Waals surface area contributed by atoms with Crippen LogP contribution in [0.5, 0.6) is 0 Å². The van der Waals surface area contributed by atoms with Gasteiger partial charge >= 0.3 is 0 Å². The molecule has 0 saturated carbocycles. The van der Waals surface area contributed by atoms with E-state index in [4.69, 9.17) is 17.3 Å². The monoisotopic (exact) mass is 259 g/mol. The normalized spacial score (nSPS) is 14.2. The highest BCUT2D eigenvalue weighted by Gasteiger charge is 2.25. The molecule has 0 saturated heterocycles. The summed E-state index contributed by atoms with van der Waals surface area (Å²) in [6.45, 7) is 2.13. The molecule has 2 rings (SSSR count). The first-order chi connectivity index (χ1) is 8.64. The van der Waals surface area contributed by atoms with Crippen molar-refractivity contribution in [2.24, 2.45) is 5.73 Å². The zero-order valence-corrected chi connectivity index (χ0v) is 11.3. The van der Waals surface area contributed by atoms with Crippen molar-refractivity contribution < 1.29 is 0 Å².